The first-order valence-electron chi connectivity index (χ1n) is 37.0. The van der Waals surface area contributed by atoms with Gasteiger partial charge < -0.3 is 58.2 Å². The second-order valence-corrected chi connectivity index (χ2v) is 29.6. The molecular formula is C78H113N11O12S. The van der Waals surface area contributed by atoms with Crippen LogP contribution in [0.1, 0.15) is 194 Å². The number of nitrogen functional groups attached to an aromatic ring is 2. The van der Waals surface area contributed by atoms with Crippen molar-refractivity contribution in [1.29, 1.82) is 10.8 Å². The molecule has 0 spiro atoms. The summed E-state index contributed by atoms with van der Waals surface area (Å²) in [6.07, 6.45) is 16.4. The van der Waals surface area contributed by atoms with Crippen molar-refractivity contribution in [3.63, 3.8) is 0 Å². The number of unbranched alkanes of at least 4 members (excludes halogenated alkanes) is 2. The third-order valence-corrected chi connectivity index (χ3v) is 20.8. The fourth-order valence-electron chi connectivity index (χ4n) is 13.2. The van der Waals surface area contributed by atoms with Gasteiger partial charge in [-0.1, -0.05) is 180 Å². The van der Waals surface area contributed by atoms with Crippen LogP contribution in [0.4, 0.5) is 0 Å². The van der Waals surface area contributed by atoms with Crippen molar-refractivity contribution in [2.75, 3.05) is 58.4 Å². The molecule has 6 amide bonds. The lowest BCUT2D eigenvalue weighted by Crippen LogP contribution is -2.49. The Kier molecular flexibility index (Phi) is 38.3. The van der Waals surface area contributed by atoms with Crippen LogP contribution in [-0.2, 0) is 82.9 Å². The average Bonchev–Trinajstić information content (AvgIpc) is 0.857. The molecule has 2 saturated carbocycles. The minimum absolute atomic E-state index is 0.0404. The number of carbonyl (C=O) groups is 8. The van der Waals surface area contributed by atoms with E-state index in [2.05, 4.69) is 49.4 Å². The van der Waals surface area contributed by atoms with E-state index in [9.17, 15) is 46.8 Å². The Labute approximate surface area is 603 Å². The lowest BCUT2D eigenvalue weighted by molar-refractivity contribution is -0.131. The normalized spacial score (nSPS) is 14.6. The molecule has 6 rings (SSSR count). The Balaban J connectivity index is 0.811. The largest absolute Gasteiger partial charge is 0.384 e. The first-order chi connectivity index (χ1) is 49.3. The van der Waals surface area contributed by atoms with Gasteiger partial charge in [0.2, 0.25) is 35.4 Å². The highest BCUT2D eigenvalue weighted by Crippen LogP contribution is 2.31. The van der Waals surface area contributed by atoms with E-state index in [0.717, 1.165) is 68.9 Å². The van der Waals surface area contributed by atoms with E-state index in [4.69, 9.17) is 31.8 Å². The molecule has 2 aliphatic rings. The van der Waals surface area contributed by atoms with Crippen LogP contribution in [0.15, 0.2) is 109 Å². The maximum Gasteiger partial charge on any atom is 0.242 e. The van der Waals surface area contributed by atoms with E-state index in [1.165, 1.54) is 24.8 Å². The van der Waals surface area contributed by atoms with Crippen LogP contribution >= 0.6 is 0 Å². The van der Waals surface area contributed by atoms with Crippen molar-refractivity contribution in [2.24, 2.45) is 35.1 Å². The van der Waals surface area contributed by atoms with Gasteiger partial charge in [0, 0.05) is 94.9 Å². The Morgan fingerprint density at radius 2 is 0.961 bits per heavy atom. The van der Waals surface area contributed by atoms with Gasteiger partial charge in [-0.2, -0.15) is 0 Å². The molecule has 0 bridgehead atoms. The summed E-state index contributed by atoms with van der Waals surface area (Å²) in [5.74, 6) is -3.45. The number of ether oxygens (including phenoxy) is 2. The molecule has 4 atom stereocenters. The predicted molar refractivity (Wildman–Crippen MR) is 396 cm³/mol. The molecule has 558 valence electrons. The number of Topliss-reactive ketones (excluding diaryl/α,β-unsaturated/α-hetero) is 2. The first kappa shape index (κ1) is 82.8. The quantitative estimate of drug-likeness (QED) is 0.0113. The average molecular weight is 1430 g/mol. The monoisotopic (exact) mass is 1430 g/mol. The fourth-order valence-corrected chi connectivity index (χ4v) is 14.9. The molecule has 0 aromatic heterocycles. The van der Waals surface area contributed by atoms with Crippen molar-refractivity contribution >= 4 is 68.5 Å². The summed E-state index contributed by atoms with van der Waals surface area (Å²) in [6.45, 7) is 3.01. The molecule has 2 aliphatic carbocycles. The third kappa shape index (κ3) is 34.2. The van der Waals surface area contributed by atoms with E-state index < -0.39 is 39.5 Å². The number of sulfone groups is 1. The molecule has 4 aromatic rings. The van der Waals surface area contributed by atoms with Crippen LogP contribution < -0.4 is 48.7 Å². The molecule has 23 nitrogen and oxygen atoms in total. The summed E-state index contributed by atoms with van der Waals surface area (Å²) in [5, 5.41) is 36.3. The number of nitrogens with one attached hydrogen (secondary N) is 9. The summed E-state index contributed by atoms with van der Waals surface area (Å²) in [6, 6.07) is 31.7. The minimum Gasteiger partial charge on any atom is -0.384 e. The summed E-state index contributed by atoms with van der Waals surface area (Å²) < 4.78 is 38.4. The molecule has 0 radical (unpaired) electrons. The molecule has 0 heterocycles. The Morgan fingerprint density at radius 3 is 1.52 bits per heavy atom. The summed E-state index contributed by atoms with van der Waals surface area (Å²) in [5.41, 5.74) is 15.8. The van der Waals surface area contributed by atoms with Gasteiger partial charge >= 0.3 is 0 Å². The molecule has 2 fully saturated rings. The number of hydrogen-bond acceptors (Lipinski definition) is 15. The van der Waals surface area contributed by atoms with Crippen LogP contribution in [0.3, 0.4) is 0 Å². The van der Waals surface area contributed by atoms with E-state index in [-0.39, 0.29) is 161 Å². The summed E-state index contributed by atoms with van der Waals surface area (Å²) >= 11 is 0. The van der Waals surface area contributed by atoms with E-state index in [1.807, 2.05) is 36.4 Å². The van der Waals surface area contributed by atoms with Gasteiger partial charge in [-0.3, -0.25) is 49.2 Å². The van der Waals surface area contributed by atoms with Gasteiger partial charge in [0.25, 0.3) is 0 Å². The van der Waals surface area contributed by atoms with Crippen molar-refractivity contribution in [2.45, 2.75) is 198 Å². The van der Waals surface area contributed by atoms with E-state index in [0.29, 0.717) is 87.3 Å². The van der Waals surface area contributed by atoms with Gasteiger partial charge in [0.15, 0.2) is 15.6 Å². The molecule has 102 heavy (non-hydrogen) atoms. The van der Waals surface area contributed by atoms with Crippen molar-refractivity contribution in [3.05, 3.63) is 143 Å². The molecular weight excluding hydrogens is 1310 g/mol. The maximum atomic E-state index is 14.2. The number of hydrogen-bond donors (Lipinski definition) is 11. The Morgan fingerprint density at radius 1 is 0.461 bits per heavy atom. The van der Waals surface area contributed by atoms with E-state index >= 15 is 0 Å². The number of amides is 6. The lowest BCUT2D eigenvalue weighted by atomic mass is 9.82. The number of benzene rings is 4. The third-order valence-electron chi connectivity index (χ3n) is 19.1. The second kappa shape index (κ2) is 47.1. The van der Waals surface area contributed by atoms with Crippen LogP contribution in [-0.4, -0.2) is 138 Å². The number of amidine groups is 2. The zero-order chi connectivity index (χ0) is 73.2. The molecule has 4 aromatic carbocycles. The second-order valence-electron chi connectivity index (χ2n) is 27.5. The van der Waals surface area contributed by atoms with Gasteiger partial charge in [-0.15, -0.1) is 0 Å². The highest BCUT2D eigenvalue weighted by atomic mass is 32.2. The highest BCUT2D eigenvalue weighted by Gasteiger charge is 2.33. The lowest BCUT2D eigenvalue weighted by Gasteiger charge is -2.27. The Bertz CT molecular complexity index is 3350. The van der Waals surface area contributed by atoms with E-state index in [1.54, 1.807) is 60.7 Å². The first-order valence-corrected chi connectivity index (χ1v) is 38.8. The highest BCUT2D eigenvalue weighted by molar-refractivity contribution is 7.90. The standard InChI is InChI=1S/C78H113N11O12S/c79-74(80)63-33-29-60(30-34-63)53-87-76(95)65(52-70(91)69(51-59-22-9-3-10-23-59)83-44-41-57-18-5-1-6-19-57)26-13-15-42-84-71(92)38-37-67(90)27-17-46-100-48-49-101-47-45-86-73(94)40-39-72(93)85-43-16-14-28-68(78(97)88-54-61-31-35-64(36-32-61)75(81)82)89-77(96)66(50-58-20-7-2-8-21-58)56-102(98,99)55-62-24-11-4-12-25-62/h1,4-6,11-12,18-19,24-25,29-36,58-59,65-66,68-69,83H,2-3,7-10,13-17,20-23,26-28,37-56H2,(H3,79,80)(H3,81,82)(H,84,92)(H,85,93)(H,86,94)(H,87,95)(H,88,97)(H,89,96)/t65-,66+,68+,69-/m1/s1. The molecule has 24 heteroatoms. The van der Waals surface area contributed by atoms with Crippen molar-refractivity contribution < 1.29 is 56.2 Å². The summed E-state index contributed by atoms with van der Waals surface area (Å²) in [4.78, 5) is 107. The molecule has 13 N–H and O–H groups in total. The SMILES string of the molecule is N=C(N)c1ccc(CNC(=O)[C@H](CCCCNC(=O)CCC(=O)CCCOCCOCCNC(=O)CCC(=O)NCCCC[C@H](NC(=O)[C@@H](CC2CCCCC2)CS(=O)(=O)Cc2ccccc2)C(=O)NCc2ccc(C(=N)N)cc2)CC(=O)[C@@H](CC2CCCCC2)NCCc2ccccc2)cc1. The predicted octanol–water partition coefficient (Wildman–Crippen LogP) is 8.25. The van der Waals surface area contributed by atoms with Crippen molar-refractivity contribution in [3.8, 4) is 0 Å². The zero-order valence-electron chi connectivity index (χ0n) is 59.7. The molecule has 0 aliphatic heterocycles. The van der Waals surface area contributed by atoms with Crippen LogP contribution in [0.5, 0.6) is 0 Å². The Hall–Kier alpha value is -8.19. The van der Waals surface area contributed by atoms with Crippen LogP contribution in [0.2, 0.25) is 0 Å². The molecule has 0 unspecified atom stereocenters. The maximum absolute atomic E-state index is 14.2. The van der Waals surface area contributed by atoms with Gasteiger partial charge in [-0.25, -0.2) is 8.42 Å². The summed E-state index contributed by atoms with van der Waals surface area (Å²) in [7, 11) is -3.71. The number of nitrogens with two attached hydrogens (primary N) is 2. The van der Waals surface area contributed by atoms with Crippen molar-refractivity contribution in [1.82, 2.24) is 37.2 Å². The van der Waals surface area contributed by atoms with Gasteiger partial charge in [0.05, 0.1) is 43.3 Å². The number of ketones is 2. The van der Waals surface area contributed by atoms with Gasteiger partial charge in [0.1, 0.15) is 23.5 Å². The topological polar surface area (TPSA) is 373 Å². The fraction of sp³-hybridized carbons (Fsp3) is 0.564. The zero-order valence-corrected chi connectivity index (χ0v) is 60.5. The molecule has 0 saturated heterocycles. The minimum atomic E-state index is -3.71. The van der Waals surface area contributed by atoms with Gasteiger partial charge in [-0.05, 0) is 98.4 Å². The van der Waals surface area contributed by atoms with Crippen LogP contribution in [0.25, 0.3) is 0 Å². The number of carbonyl (C=O) groups excluding carboxylic acids is 8. The number of rotatable bonds is 51. The van der Waals surface area contributed by atoms with Crippen LogP contribution in [0, 0.1) is 34.5 Å². The smallest absolute Gasteiger partial charge is 0.242 e.